The molecule has 0 aliphatic heterocycles. The topological polar surface area (TPSA) is 74.0 Å². The fourth-order valence-electron chi connectivity index (χ4n) is 1.80. The molecule has 0 bridgehead atoms. The molecule has 1 fully saturated rings. The van der Waals surface area contributed by atoms with Crippen LogP contribution in [0.4, 0.5) is 13.2 Å². The highest BCUT2D eigenvalue weighted by atomic mass is 32.2. The Labute approximate surface area is 123 Å². The summed E-state index contributed by atoms with van der Waals surface area (Å²) in [7, 11) is 0. The van der Waals surface area contributed by atoms with E-state index < -0.39 is 23.3 Å². The summed E-state index contributed by atoms with van der Waals surface area (Å²) in [6.07, 6.45) is -3.25. The molecule has 1 saturated carbocycles. The molecule has 0 aromatic carbocycles. The first kappa shape index (κ1) is 15.6. The number of alkyl halides is 3. The van der Waals surface area contributed by atoms with Gasteiger partial charge < -0.3 is 5.11 Å². The molecule has 1 N–H and O–H groups in total. The molecule has 0 radical (unpaired) electrons. The van der Waals surface area contributed by atoms with Gasteiger partial charge in [-0.2, -0.15) is 18.4 Å². The molecule has 0 amide bonds. The van der Waals surface area contributed by atoms with Gasteiger partial charge in [-0.15, -0.1) is 11.8 Å². The number of halogens is 3. The minimum absolute atomic E-state index is 0.0117. The Hall–Kier alpha value is -1.75. The Kier molecular flexibility index (Phi) is 4.42. The Bertz CT molecular complexity index is 607. The zero-order valence-corrected chi connectivity index (χ0v) is 11.6. The fraction of sp³-hybridized carbons (Fsp3) is 0.462. The number of pyridine rings is 1. The fourth-order valence-corrected chi connectivity index (χ4v) is 2.74. The Balaban J connectivity index is 2.38. The van der Waals surface area contributed by atoms with Gasteiger partial charge in [0.25, 0.3) is 0 Å². The van der Waals surface area contributed by atoms with Crippen molar-refractivity contribution in [2.75, 3.05) is 5.75 Å². The maximum Gasteiger partial charge on any atom is 0.417 e. The molecule has 0 spiro atoms. The zero-order valence-electron chi connectivity index (χ0n) is 10.8. The summed E-state index contributed by atoms with van der Waals surface area (Å²) >= 11 is 0.875. The molecule has 1 aromatic rings. The van der Waals surface area contributed by atoms with Crippen molar-refractivity contribution in [1.82, 2.24) is 4.98 Å². The van der Waals surface area contributed by atoms with Gasteiger partial charge in [0.2, 0.25) is 0 Å². The molecule has 1 aliphatic rings. The monoisotopic (exact) mass is 316 g/mol. The number of thioether (sulfide) groups is 1. The van der Waals surface area contributed by atoms with Crippen molar-refractivity contribution in [3.8, 4) is 6.07 Å². The van der Waals surface area contributed by atoms with Crippen molar-refractivity contribution in [2.24, 2.45) is 0 Å². The van der Waals surface area contributed by atoms with E-state index in [0.717, 1.165) is 30.7 Å². The second-order valence-electron chi connectivity index (χ2n) is 4.65. The molecule has 1 heterocycles. The van der Waals surface area contributed by atoms with Crippen LogP contribution in [-0.4, -0.2) is 21.8 Å². The number of rotatable bonds is 5. The van der Waals surface area contributed by atoms with E-state index in [1.165, 1.54) is 0 Å². The molecular weight excluding hydrogens is 305 g/mol. The standard InChI is InChI=1S/C13H11F3N2O2S/c14-13(15,16)9-5-10(7-1-2-7)18-12(8(9)6-17)21-4-3-11(19)20/h5,7H,1-4H2,(H,19,20). The first-order valence-electron chi connectivity index (χ1n) is 6.19. The lowest BCUT2D eigenvalue weighted by atomic mass is 10.1. The highest BCUT2D eigenvalue weighted by Crippen LogP contribution is 2.43. The van der Waals surface area contributed by atoms with Crippen LogP contribution in [0.3, 0.4) is 0 Å². The van der Waals surface area contributed by atoms with Gasteiger partial charge in [-0.1, -0.05) is 0 Å². The predicted molar refractivity (Wildman–Crippen MR) is 68.9 cm³/mol. The van der Waals surface area contributed by atoms with Gasteiger partial charge in [0.15, 0.2) is 0 Å². The lowest BCUT2D eigenvalue weighted by molar-refractivity contribution is -0.138. The maximum absolute atomic E-state index is 13.0. The van der Waals surface area contributed by atoms with Crippen molar-refractivity contribution in [3.63, 3.8) is 0 Å². The van der Waals surface area contributed by atoms with Crippen molar-refractivity contribution < 1.29 is 23.1 Å². The zero-order chi connectivity index (χ0) is 15.6. The number of aliphatic carboxylic acids is 1. The van der Waals surface area contributed by atoms with Crippen molar-refractivity contribution in [2.45, 2.75) is 36.4 Å². The van der Waals surface area contributed by atoms with Crippen LogP contribution in [0.2, 0.25) is 0 Å². The van der Waals surface area contributed by atoms with Gasteiger partial charge in [0.05, 0.1) is 17.5 Å². The summed E-state index contributed by atoms with van der Waals surface area (Å²) in [5.74, 6) is -0.962. The molecule has 1 aliphatic carbocycles. The van der Waals surface area contributed by atoms with Crippen molar-refractivity contribution in [1.29, 1.82) is 5.26 Å². The van der Waals surface area contributed by atoms with E-state index in [9.17, 15) is 18.0 Å². The number of hydrogen-bond donors (Lipinski definition) is 1. The number of carboxylic acids is 1. The molecular formula is C13H11F3N2O2S. The Morgan fingerprint density at radius 1 is 1.52 bits per heavy atom. The normalized spacial score (nSPS) is 14.8. The lowest BCUT2D eigenvalue weighted by Crippen LogP contribution is -2.11. The first-order valence-corrected chi connectivity index (χ1v) is 7.18. The van der Waals surface area contributed by atoms with E-state index in [1.807, 2.05) is 0 Å². The van der Waals surface area contributed by atoms with Crippen LogP contribution in [0.15, 0.2) is 11.1 Å². The van der Waals surface area contributed by atoms with Gasteiger partial charge in [-0.05, 0) is 18.9 Å². The minimum Gasteiger partial charge on any atom is -0.481 e. The van der Waals surface area contributed by atoms with Crippen molar-refractivity contribution in [3.05, 3.63) is 22.9 Å². The Morgan fingerprint density at radius 3 is 2.67 bits per heavy atom. The number of hydrogen-bond acceptors (Lipinski definition) is 4. The lowest BCUT2D eigenvalue weighted by Gasteiger charge is -2.13. The minimum atomic E-state index is -4.63. The molecule has 112 valence electrons. The molecule has 1 aromatic heterocycles. The van der Waals surface area contributed by atoms with Gasteiger partial charge in [0.1, 0.15) is 11.1 Å². The van der Waals surface area contributed by atoms with E-state index in [1.54, 1.807) is 6.07 Å². The van der Waals surface area contributed by atoms with Crippen LogP contribution in [0, 0.1) is 11.3 Å². The number of aromatic nitrogens is 1. The van der Waals surface area contributed by atoms with Gasteiger partial charge in [0, 0.05) is 17.4 Å². The van der Waals surface area contributed by atoms with E-state index in [0.29, 0.717) is 5.69 Å². The highest BCUT2D eigenvalue weighted by molar-refractivity contribution is 7.99. The summed E-state index contributed by atoms with van der Waals surface area (Å²) in [5.41, 5.74) is -1.18. The number of nitrogens with zero attached hydrogens (tertiary/aromatic N) is 2. The largest absolute Gasteiger partial charge is 0.481 e. The quantitative estimate of drug-likeness (QED) is 0.843. The van der Waals surface area contributed by atoms with Gasteiger partial charge in [-0.25, -0.2) is 4.98 Å². The van der Waals surface area contributed by atoms with E-state index >= 15 is 0 Å². The van der Waals surface area contributed by atoms with Crippen LogP contribution in [0.1, 0.15) is 42.0 Å². The third-order valence-corrected chi connectivity index (χ3v) is 3.95. The van der Waals surface area contributed by atoms with Gasteiger partial charge >= 0.3 is 12.1 Å². The van der Waals surface area contributed by atoms with Crippen molar-refractivity contribution >= 4 is 17.7 Å². The summed E-state index contributed by atoms with van der Waals surface area (Å²) in [5, 5.41) is 17.5. The summed E-state index contributed by atoms with van der Waals surface area (Å²) in [4.78, 5) is 14.6. The van der Waals surface area contributed by atoms with E-state index in [4.69, 9.17) is 10.4 Å². The third kappa shape index (κ3) is 3.88. The van der Waals surface area contributed by atoms with E-state index in [-0.39, 0.29) is 23.1 Å². The van der Waals surface area contributed by atoms with Crippen LogP contribution >= 0.6 is 11.8 Å². The molecule has 21 heavy (non-hydrogen) atoms. The molecule has 8 heteroatoms. The number of carboxylic acid groups (broad SMARTS) is 1. The number of nitriles is 1. The molecule has 0 atom stereocenters. The number of carbonyl (C=O) groups is 1. The van der Waals surface area contributed by atoms with Crippen LogP contribution in [0.25, 0.3) is 0 Å². The highest BCUT2D eigenvalue weighted by Gasteiger charge is 2.37. The first-order chi connectivity index (χ1) is 9.82. The molecule has 0 saturated heterocycles. The summed E-state index contributed by atoms with van der Waals surface area (Å²) < 4.78 is 39.1. The van der Waals surface area contributed by atoms with Crippen LogP contribution < -0.4 is 0 Å². The average Bonchev–Trinajstić information content (AvgIpc) is 3.20. The van der Waals surface area contributed by atoms with Gasteiger partial charge in [-0.3, -0.25) is 4.79 Å². The molecule has 2 rings (SSSR count). The summed E-state index contributed by atoms with van der Waals surface area (Å²) in [6.45, 7) is 0. The van der Waals surface area contributed by atoms with E-state index in [2.05, 4.69) is 4.98 Å². The smallest absolute Gasteiger partial charge is 0.417 e. The second kappa shape index (κ2) is 5.93. The SMILES string of the molecule is N#Cc1c(C(F)(F)F)cc(C2CC2)nc1SCCC(=O)O. The van der Waals surface area contributed by atoms with Crippen LogP contribution in [0.5, 0.6) is 0 Å². The van der Waals surface area contributed by atoms with Crippen LogP contribution in [-0.2, 0) is 11.0 Å². The maximum atomic E-state index is 13.0. The average molecular weight is 316 g/mol. The Morgan fingerprint density at radius 2 is 2.19 bits per heavy atom. The summed E-state index contributed by atoms with van der Waals surface area (Å²) in [6, 6.07) is 2.49. The third-order valence-electron chi connectivity index (χ3n) is 2.97. The predicted octanol–water partition coefficient (Wildman–Crippen LogP) is 3.42. The molecule has 4 nitrogen and oxygen atoms in total. The second-order valence-corrected chi connectivity index (χ2v) is 5.73. The molecule has 0 unspecified atom stereocenters.